The van der Waals surface area contributed by atoms with Gasteiger partial charge in [0, 0.05) is 18.8 Å². The summed E-state index contributed by atoms with van der Waals surface area (Å²) in [6.07, 6.45) is 0.425. The Balaban J connectivity index is 2.80. The Hall–Kier alpha value is -1.02. The van der Waals surface area contributed by atoms with Crippen LogP contribution in [0.25, 0.3) is 0 Å². The zero-order valence-corrected chi connectivity index (χ0v) is 11.6. The molecule has 0 aliphatic carbocycles. The Kier molecular flexibility index (Phi) is 5.01. The van der Waals surface area contributed by atoms with Crippen molar-refractivity contribution in [2.75, 3.05) is 11.9 Å². The highest BCUT2D eigenvalue weighted by Crippen LogP contribution is 2.23. The van der Waals surface area contributed by atoms with Gasteiger partial charge in [-0.05, 0) is 37.0 Å². The fourth-order valence-corrected chi connectivity index (χ4v) is 1.85. The van der Waals surface area contributed by atoms with Crippen molar-refractivity contribution in [1.82, 2.24) is 0 Å². The quantitative estimate of drug-likeness (QED) is 0.842. The molecule has 0 fully saturated rings. The first-order valence-electron chi connectivity index (χ1n) is 6.48. The Morgan fingerprint density at radius 1 is 1.12 bits per heavy atom. The Morgan fingerprint density at radius 3 is 2.06 bits per heavy atom. The topological polar surface area (TPSA) is 23.5 Å². The standard InChI is InChI=1S/C15H25NO/c1-6-15(17)13-7-9-14(10-8-13)16(5)12(4)11(2)3/h7-12,15,17H,6H2,1-5H3. The van der Waals surface area contributed by atoms with Crippen molar-refractivity contribution in [3.63, 3.8) is 0 Å². The second kappa shape index (κ2) is 6.06. The first-order chi connectivity index (χ1) is 7.97. The molecule has 2 unspecified atom stereocenters. The molecule has 0 saturated carbocycles. The van der Waals surface area contributed by atoms with Gasteiger partial charge in [0.1, 0.15) is 0 Å². The lowest BCUT2D eigenvalue weighted by molar-refractivity contribution is 0.173. The predicted octanol–water partition coefficient (Wildman–Crippen LogP) is 3.61. The first kappa shape index (κ1) is 14.0. The van der Waals surface area contributed by atoms with E-state index in [1.807, 2.05) is 19.1 Å². The number of anilines is 1. The van der Waals surface area contributed by atoms with Crippen LogP contribution in [0.15, 0.2) is 24.3 Å². The normalized spacial score (nSPS) is 14.8. The number of nitrogens with zero attached hydrogens (tertiary/aromatic N) is 1. The molecule has 0 spiro atoms. The largest absolute Gasteiger partial charge is 0.388 e. The second-order valence-electron chi connectivity index (χ2n) is 5.11. The molecule has 2 heteroatoms. The monoisotopic (exact) mass is 235 g/mol. The molecule has 0 aliphatic rings. The van der Waals surface area contributed by atoms with E-state index in [1.165, 1.54) is 5.69 Å². The Labute approximate surface area is 105 Å². The SMILES string of the molecule is CCC(O)c1ccc(N(C)C(C)C(C)C)cc1. The number of aliphatic hydroxyl groups excluding tert-OH is 1. The molecule has 0 aromatic heterocycles. The van der Waals surface area contributed by atoms with Gasteiger partial charge in [-0.15, -0.1) is 0 Å². The van der Waals surface area contributed by atoms with Crippen LogP contribution in [-0.2, 0) is 0 Å². The zero-order chi connectivity index (χ0) is 13.0. The van der Waals surface area contributed by atoms with Gasteiger partial charge in [-0.2, -0.15) is 0 Å². The van der Waals surface area contributed by atoms with Crippen LogP contribution in [0.5, 0.6) is 0 Å². The smallest absolute Gasteiger partial charge is 0.0787 e. The van der Waals surface area contributed by atoms with E-state index in [2.05, 4.69) is 44.9 Å². The van der Waals surface area contributed by atoms with Crippen molar-refractivity contribution in [2.45, 2.75) is 46.3 Å². The van der Waals surface area contributed by atoms with Crippen LogP contribution in [0.1, 0.15) is 45.8 Å². The minimum atomic E-state index is -0.336. The predicted molar refractivity (Wildman–Crippen MR) is 74.4 cm³/mol. The molecule has 1 N–H and O–H groups in total. The number of hydrogen-bond donors (Lipinski definition) is 1. The molecule has 0 amide bonds. The molecule has 17 heavy (non-hydrogen) atoms. The third-order valence-corrected chi connectivity index (χ3v) is 3.65. The Morgan fingerprint density at radius 2 is 1.65 bits per heavy atom. The van der Waals surface area contributed by atoms with Crippen molar-refractivity contribution >= 4 is 5.69 Å². The van der Waals surface area contributed by atoms with Crippen molar-refractivity contribution < 1.29 is 5.11 Å². The summed E-state index contributed by atoms with van der Waals surface area (Å²) in [6.45, 7) is 8.69. The number of rotatable bonds is 5. The third-order valence-electron chi connectivity index (χ3n) is 3.65. The number of aliphatic hydroxyl groups is 1. The van der Waals surface area contributed by atoms with Gasteiger partial charge in [-0.3, -0.25) is 0 Å². The van der Waals surface area contributed by atoms with Gasteiger partial charge in [0.2, 0.25) is 0 Å². The molecule has 2 atom stereocenters. The van der Waals surface area contributed by atoms with Crippen LogP contribution in [0.2, 0.25) is 0 Å². The van der Waals surface area contributed by atoms with Crippen LogP contribution in [0, 0.1) is 5.92 Å². The first-order valence-corrected chi connectivity index (χ1v) is 6.48. The summed E-state index contributed by atoms with van der Waals surface area (Å²) in [5, 5.41) is 9.74. The molecule has 0 heterocycles. The van der Waals surface area contributed by atoms with Crippen molar-refractivity contribution in [1.29, 1.82) is 0 Å². The van der Waals surface area contributed by atoms with Crippen LogP contribution in [0.4, 0.5) is 5.69 Å². The van der Waals surface area contributed by atoms with Crippen LogP contribution in [0.3, 0.4) is 0 Å². The van der Waals surface area contributed by atoms with E-state index in [4.69, 9.17) is 0 Å². The minimum Gasteiger partial charge on any atom is -0.388 e. The fraction of sp³-hybridized carbons (Fsp3) is 0.600. The fourth-order valence-electron chi connectivity index (χ4n) is 1.85. The molecular weight excluding hydrogens is 210 g/mol. The molecule has 0 bridgehead atoms. The van der Waals surface area contributed by atoms with Crippen LogP contribution in [-0.4, -0.2) is 18.2 Å². The Bertz CT molecular complexity index is 331. The summed E-state index contributed by atoms with van der Waals surface area (Å²) in [7, 11) is 2.12. The van der Waals surface area contributed by atoms with Gasteiger partial charge in [-0.25, -0.2) is 0 Å². The zero-order valence-electron chi connectivity index (χ0n) is 11.6. The lowest BCUT2D eigenvalue weighted by atomic mass is 10.0. The second-order valence-corrected chi connectivity index (χ2v) is 5.11. The maximum absolute atomic E-state index is 9.74. The molecule has 2 nitrogen and oxygen atoms in total. The molecule has 1 aromatic rings. The maximum atomic E-state index is 9.74. The summed E-state index contributed by atoms with van der Waals surface area (Å²) in [5.41, 5.74) is 2.21. The van der Waals surface area contributed by atoms with Gasteiger partial charge in [-0.1, -0.05) is 32.9 Å². The molecule has 0 saturated heterocycles. The van der Waals surface area contributed by atoms with Gasteiger partial charge < -0.3 is 10.0 Å². The van der Waals surface area contributed by atoms with Crippen molar-refractivity contribution in [2.24, 2.45) is 5.92 Å². The van der Waals surface area contributed by atoms with Gasteiger partial charge in [0.15, 0.2) is 0 Å². The van der Waals surface area contributed by atoms with E-state index in [0.717, 1.165) is 12.0 Å². The average molecular weight is 235 g/mol. The maximum Gasteiger partial charge on any atom is 0.0787 e. The average Bonchev–Trinajstić information content (AvgIpc) is 2.36. The summed E-state index contributed by atoms with van der Waals surface area (Å²) in [6, 6.07) is 8.73. The molecule has 96 valence electrons. The van der Waals surface area contributed by atoms with Gasteiger partial charge in [0.05, 0.1) is 6.10 Å². The van der Waals surface area contributed by atoms with E-state index in [-0.39, 0.29) is 6.10 Å². The molecule has 1 rings (SSSR count). The summed E-state index contributed by atoms with van der Waals surface area (Å²) >= 11 is 0. The highest BCUT2D eigenvalue weighted by atomic mass is 16.3. The highest BCUT2D eigenvalue weighted by Gasteiger charge is 2.14. The van der Waals surface area contributed by atoms with E-state index in [0.29, 0.717) is 12.0 Å². The van der Waals surface area contributed by atoms with Crippen molar-refractivity contribution in [3.05, 3.63) is 29.8 Å². The molecule has 0 aliphatic heterocycles. The molecule has 0 radical (unpaired) electrons. The van der Waals surface area contributed by atoms with Gasteiger partial charge in [0.25, 0.3) is 0 Å². The van der Waals surface area contributed by atoms with E-state index in [9.17, 15) is 5.11 Å². The van der Waals surface area contributed by atoms with E-state index >= 15 is 0 Å². The number of benzene rings is 1. The van der Waals surface area contributed by atoms with E-state index in [1.54, 1.807) is 0 Å². The van der Waals surface area contributed by atoms with Crippen molar-refractivity contribution in [3.8, 4) is 0 Å². The molecular formula is C15H25NO. The summed E-state index contributed by atoms with van der Waals surface area (Å²) in [5.74, 6) is 0.626. The van der Waals surface area contributed by atoms with Gasteiger partial charge >= 0.3 is 0 Å². The van der Waals surface area contributed by atoms with E-state index < -0.39 is 0 Å². The highest BCUT2D eigenvalue weighted by molar-refractivity contribution is 5.48. The van der Waals surface area contributed by atoms with Crippen LogP contribution >= 0.6 is 0 Å². The number of hydrogen-bond acceptors (Lipinski definition) is 2. The minimum absolute atomic E-state index is 0.336. The van der Waals surface area contributed by atoms with Crippen LogP contribution < -0.4 is 4.90 Å². The molecule has 1 aromatic carbocycles. The lowest BCUT2D eigenvalue weighted by Gasteiger charge is -2.30. The summed E-state index contributed by atoms with van der Waals surface area (Å²) in [4.78, 5) is 2.28. The lowest BCUT2D eigenvalue weighted by Crippen LogP contribution is -2.33. The third kappa shape index (κ3) is 3.47. The summed E-state index contributed by atoms with van der Waals surface area (Å²) < 4.78 is 0.